The largest absolute Gasteiger partial charge is 0.496 e. The minimum atomic E-state index is -3.88. The van der Waals surface area contributed by atoms with Crippen molar-refractivity contribution in [2.45, 2.75) is 24.8 Å². The zero-order valence-electron chi connectivity index (χ0n) is 17.3. The summed E-state index contributed by atoms with van der Waals surface area (Å²) in [4.78, 5) is 14.6. The van der Waals surface area contributed by atoms with Crippen molar-refractivity contribution in [2.24, 2.45) is 0 Å². The molecular weight excluding hydrogens is 406 g/mol. The summed E-state index contributed by atoms with van der Waals surface area (Å²) >= 11 is 0. The van der Waals surface area contributed by atoms with E-state index in [1.165, 1.54) is 25.3 Å². The average Bonchev–Trinajstić information content (AvgIpc) is 2.73. The minimum Gasteiger partial charge on any atom is -0.496 e. The maximum absolute atomic E-state index is 12.9. The van der Waals surface area contributed by atoms with Crippen LogP contribution in [0.5, 0.6) is 5.75 Å². The van der Waals surface area contributed by atoms with Crippen LogP contribution >= 0.6 is 0 Å². The number of morpholine rings is 1. The molecule has 1 aliphatic rings. The molecule has 1 aliphatic heterocycles. The summed E-state index contributed by atoms with van der Waals surface area (Å²) in [5.41, 5.74) is 1.62. The van der Waals surface area contributed by atoms with Crippen molar-refractivity contribution in [1.29, 1.82) is 0 Å². The molecule has 0 unspecified atom stereocenters. The second-order valence-corrected chi connectivity index (χ2v) is 8.92. The number of anilines is 2. The fraction of sp³-hybridized carbons (Fsp3) is 0.381. The molecule has 30 heavy (non-hydrogen) atoms. The number of amides is 1. The number of carbonyl (C=O) groups is 1. The van der Waals surface area contributed by atoms with Crippen molar-refractivity contribution in [3.05, 3.63) is 48.0 Å². The van der Waals surface area contributed by atoms with Gasteiger partial charge in [-0.1, -0.05) is 0 Å². The van der Waals surface area contributed by atoms with Gasteiger partial charge in [-0.2, -0.15) is 0 Å². The van der Waals surface area contributed by atoms with Gasteiger partial charge in [-0.15, -0.1) is 0 Å². The van der Waals surface area contributed by atoms with Gasteiger partial charge in [0.1, 0.15) is 5.75 Å². The highest BCUT2D eigenvalue weighted by Crippen LogP contribution is 2.25. The molecular formula is C21H27N3O5S. The molecule has 0 bridgehead atoms. The van der Waals surface area contributed by atoms with Crippen LogP contribution in [0.2, 0.25) is 0 Å². The molecule has 162 valence electrons. The molecule has 0 aromatic heterocycles. The first-order chi connectivity index (χ1) is 14.3. The van der Waals surface area contributed by atoms with Crippen molar-refractivity contribution in [3.8, 4) is 5.75 Å². The van der Waals surface area contributed by atoms with E-state index in [1.54, 1.807) is 12.1 Å². The maximum Gasteiger partial charge on any atom is 0.261 e. The summed E-state index contributed by atoms with van der Waals surface area (Å²) in [6, 6.07) is 11.3. The van der Waals surface area contributed by atoms with Gasteiger partial charge < -0.3 is 19.7 Å². The molecule has 8 nitrogen and oxygen atoms in total. The van der Waals surface area contributed by atoms with E-state index in [1.807, 2.05) is 26.0 Å². The topological polar surface area (TPSA) is 97.0 Å². The summed E-state index contributed by atoms with van der Waals surface area (Å²) < 4.78 is 38.9. The van der Waals surface area contributed by atoms with E-state index in [4.69, 9.17) is 9.47 Å². The number of nitrogens with zero attached hydrogens (tertiary/aromatic N) is 1. The third-order valence-corrected chi connectivity index (χ3v) is 6.02. The van der Waals surface area contributed by atoms with E-state index in [0.717, 1.165) is 18.8 Å². The molecule has 1 amide bonds. The van der Waals surface area contributed by atoms with Gasteiger partial charge in [0.2, 0.25) is 0 Å². The van der Waals surface area contributed by atoms with E-state index in [-0.39, 0.29) is 16.5 Å². The van der Waals surface area contributed by atoms with Crippen LogP contribution in [-0.2, 0) is 14.8 Å². The Morgan fingerprint density at radius 2 is 1.77 bits per heavy atom. The number of sulfonamides is 1. The number of carbonyl (C=O) groups excluding carboxylic acids is 1. The summed E-state index contributed by atoms with van der Waals surface area (Å²) in [7, 11) is -2.45. The predicted octanol–water partition coefficient (Wildman–Crippen LogP) is 2.47. The molecule has 1 fully saturated rings. The predicted molar refractivity (Wildman–Crippen MR) is 116 cm³/mol. The first-order valence-corrected chi connectivity index (χ1v) is 11.2. The van der Waals surface area contributed by atoms with Crippen molar-refractivity contribution in [3.63, 3.8) is 0 Å². The van der Waals surface area contributed by atoms with Crippen molar-refractivity contribution in [1.82, 2.24) is 5.32 Å². The average molecular weight is 434 g/mol. The Kier molecular flexibility index (Phi) is 6.84. The van der Waals surface area contributed by atoms with Crippen LogP contribution in [0.1, 0.15) is 24.2 Å². The zero-order valence-corrected chi connectivity index (χ0v) is 18.2. The molecule has 1 saturated heterocycles. The minimum absolute atomic E-state index is 0.0190. The standard InChI is InChI=1S/C21H27N3O5S/c1-15(2)22-21(25)19-14-18(8-9-20(19)28-3)30(26,27)23-16-4-6-17(7-5-16)24-10-12-29-13-11-24/h4-9,14-15,23H,10-13H2,1-3H3,(H,22,25). The summed E-state index contributed by atoms with van der Waals surface area (Å²) in [5.74, 6) is -0.0873. The normalized spacial score (nSPS) is 14.5. The third kappa shape index (κ3) is 5.22. The van der Waals surface area contributed by atoms with Crippen molar-refractivity contribution >= 4 is 27.3 Å². The Morgan fingerprint density at radius 3 is 2.37 bits per heavy atom. The Balaban J connectivity index is 1.80. The molecule has 0 radical (unpaired) electrons. The quantitative estimate of drug-likeness (QED) is 0.696. The lowest BCUT2D eigenvalue weighted by molar-refractivity contribution is 0.0940. The van der Waals surface area contributed by atoms with E-state index >= 15 is 0 Å². The first-order valence-electron chi connectivity index (χ1n) is 9.74. The molecule has 3 rings (SSSR count). The van der Waals surface area contributed by atoms with Gasteiger partial charge in [0.15, 0.2) is 0 Å². The summed E-state index contributed by atoms with van der Waals surface area (Å²) in [6.07, 6.45) is 0. The molecule has 2 N–H and O–H groups in total. The number of hydrogen-bond donors (Lipinski definition) is 2. The second kappa shape index (κ2) is 9.36. The lowest BCUT2D eigenvalue weighted by Gasteiger charge is -2.28. The summed E-state index contributed by atoms with van der Waals surface area (Å²) in [5, 5.41) is 2.75. The van der Waals surface area contributed by atoms with Crippen molar-refractivity contribution in [2.75, 3.05) is 43.0 Å². The van der Waals surface area contributed by atoms with Crippen LogP contribution in [0.4, 0.5) is 11.4 Å². The number of ether oxygens (including phenoxy) is 2. The highest BCUT2D eigenvalue weighted by molar-refractivity contribution is 7.92. The number of hydrogen-bond acceptors (Lipinski definition) is 6. The van der Waals surface area contributed by atoms with Crippen LogP contribution in [0.3, 0.4) is 0 Å². The second-order valence-electron chi connectivity index (χ2n) is 7.24. The molecule has 0 spiro atoms. The highest BCUT2D eigenvalue weighted by Gasteiger charge is 2.21. The third-order valence-electron chi connectivity index (χ3n) is 4.64. The van der Waals surface area contributed by atoms with Gasteiger partial charge in [0.25, 0.3) is 15.9 Å². The van der Waals surface area contributed by atoms with Crippen LogP contribution in [0, 0.1) is 0 Å². The van der Waals surface area contributed by atoms with Crippen LogP contribution in [0.15, 0.2) is 47.4 Å². The smallest absolute Gasteiger partial charge is 0.261 e. The summed E-state index contributed by atoms with van der Waals surface area (Å²) in [6.45, 7) is 6.62. The van der Waals surface area contributed by atoms with E-state index < -0.39 is 15.9 Å². The van der Waals surface area contributed by atoms with Gasteiger partial charge in [0.05, 0.1) is 30.8 Å². The van der Waals surface area contributed by atoms with Crippen LogP contribution in [-0.4, -0.2) is 53.8 Å². The first kappa shape index (κ1) is 21.9. The lowest BCUT2D eigenvalue weighted by Crippen LogP contribution is -2.36. The van der Waals surface area contributed by atoms with Gasteiger partial charge in [-0.05, 0) is 56.3 Å². The molecule has 0 atom stereocenters. The molecule has 9 heteroatoms. The van der Waals surface area contributed by atoms with Gasteiger partial charge in [-0.3, -0.25) is 9.52 Å². The molecule has 2 aromatic carbocycles. The molecule has 1 heterocycles. The van der Waals surface area contributed by atoms with Gasteiger partial charge in [0, 0.05) is 30.5 Å². The Labute approximate surface area is 177 Å². The van der Waals surface area contributed by atoms with Crippen LogP contribution < -0.4 is 19.7 Å². The van der Waals surface area contributed by atoms with E-state index in [9.17, 15) is 13.2 Å². The van der Waals surface area contributed by atoms with Gasteiger partial charge in [-0.25, -0.2) is 8.42 Å². The Bertz CT molecular complexity index is 984. The lowest BCUT2D eigenvalue weighted by atomic mass is 10.2. The van der Waals surface area contributed by atoms with Crippen LogP contribution in [0.25, 0.3) is 0 Å². The van der Waals surface area contributed by atoms with Crippen molar-refractivity contribution < 1.29 is 22.7 Å². The molecule has 2 aromatic rings. The number of nitrogens with one attached hydrogen (secondary N) is 2. The van der Waals surface area contributed by atoms with E-state index in [0.29, 0.717) is 24.7 Å². The van der Waals surface area contributed by atoms with E-state index in [2.05, 4.69) is 14.9 Å². The Hall–Kier alpha value is -2.78. The molecule has 0 saturated carbocycles. The molecule has 0 aliphatic carbocycles. The van der Waals surface area contributed by atoms with Gasteiger partial charge >= 0.3 is 0 Å². The number of benzene rings is 2. The fourth-order valence-corrected chi connectivity index (χ4v) is 4.23. The maximum atomic E-state index is 12.9. The SMILES string of the molecule is COc1ccc(S(=O)(=O)Nc2ccc(N3CCOCC3)cc2)cc1C(=O)NC(C)C. The monoisotopic (exact) mass is 433 g/mol. The Morgan fingerprint density at radius 1 is 1.10 bits per heavy atom. The number of methoxy groups -OCH3 is 1. The number of rotatable bonds is 7. The highest BCUT2D eigenvalue weighted by atomic mass is 32.2. The fourth-order valence-electron chi connectivity index (χ4n) is 3.15. The zero-order chi connectivity index (χ0) is 21.7.